The van der Waals surface area contributed by atoms with Gasteiger partial charge in [0.15, 0.2) is 15.3 Å². The van der Waals surface area contributed by atoms with Gasteiger partial charge in [-0.1, -0.05) is 0 Å². The van der Waals surface area contributed by atoms with Gasteiger partial charge in [0.05, 0.1) is 15.1 Å². The van der Waals surface area contributed by atoms with Gasteiger partial charge >= 0.3 is 0 Å². The fourth-order valence-corrected chi connectivity index (χ4v) is 2.39. The van der Waals surface area contributed by atoms with Crippen LogP contribution in [0.3, 0.4) is 0 Å². The Morgan fingerprint density at radius 1 is 1.46 bits per heavy atom. The molecule has 0 bridgehead atoms. The molecule has 3 nitrogen and oxygen atoms in total. The summed E-state index contributed by atoms with van der Waals surface area (Å²) in [7, 11) is -3.11. The highest BCUT2D eigenvalue weighted by atomic mass is 32.2. The van der Waals surface area contributed by atoms with Gasteiger partial charge in [-0.3, -0.25) is 0 Å². The van der Waals surface area contributed by atoms with E-state index in [1.807, 2.05) is 0 Å². The molecule has 0 spiro atoms. The number of thiazole rings is 1. The maximum Gasteiger partial charge on any atom is 0.175 e. The van der Waals surface area contributed by atoms with Crippen LogP contribution in [0.4, 0.5) is 0 Å². The summed E-state index contributed by atoms with van der Waals surface area (Å²) < 4.78 is 23.2. The minimum atomic E-state index is -3.11. The summed E-state index contributed by atoms with van der Waals surface area (Å²) in [6, 6.07) is 4.88. The van der Waals surface area contributed by atoms with Crippen LogP contribution in [-0.4, -0.2) is 19.7 Å². The minimum Gasteiger partial charge on any atom is -0.233 e. The normalized spacial score (nSPS) is 12.1. The summed E-state index contributed by atoms with van der Waals surface area (Å²) in [5.74, 6) is 0. The monoisotopic (exact) mass is 212 g/mol. The van der Waals surface area contributed by atoms with Crippen molar-refractivity contribution in [3.63, 3.8) is 0 Å². The van der Waals surface area contributed by atoms with Gasteiger partial charge in [-0.05, 0) is 18.2 Å². The van der Waals surface area contributed by atoms with E-state index in [-0.39, 0.29) is 0 Å². The van der Waals surface area contributed by atoms with E-state index in [0.717, 1.165) is 10.2 Å². The molecule has 0 aliphatic heterocycles. The lowest BCUT2D eigenvalue weighted by molar-refractivity contribution is 0.602. The molecule has 13 heavy (non-hydrogen) atoms. The fourth-order valence-electron chi connectivity index (χ4n) is 1.02. The maximum absolute atomic E-state index is 11.2. The molecule has 0 fully saturated rings. The first-order chi connectivity index (χ1) is 6.07. The molecule has 2 aromatic rings. The Bertz CT molecular complexity index is 542. The number of nitrogens with zero attached hydrogens (tertiary/aromatic N) is 1. The second kappa shape index (κ2) is 2.78. The van der Waals surface area contributed by atoms with Crippen LogP contribution >= 0.6 is 11.3 Å². The van der Waals surface area contributed by atoms with Crippen molar-refractivity contribution in [1.29, 1.82) is 0 Å². The zero-order chi connectivity index (χ0) is 9.47. The number of hydrogen-bond donors (Lipinski definition) is 0. The minimum absolute atomic E-state index is 0.331. The molecule has 1 heterocycles. The van der Waals surface area contributed by atoms with Gasteiger partial charge in [-0.25, -0.2) is 13.4 Å². The molecule has 0 atom stereocenters. The summed E-state index contributed by atoms with van der Waals surface area (Å²) in [6.07, 6.45) is 1.19. The molecular weight excluding hydrogens is 206 g/mol. The van der Waals surface area contributed by atoms with Crippen molar-refractivity contribution in [2.24, 2.45) is 0 Å². The Hall–Kier alpha value is -0.940. The Balaban J connectivity index is 2.75. The molecule has 67 valence electrons. The molecular formula is C8H6NO2S2. The van der Waals surface area contributed by atoms with Gasteiger partial charge in [0.25, 0.3) is 0 Å². The first-order valence-electron chi connectivity index (χ1n) is 3.54. The van der Waals surface area contributed by atoms with E-state index in [4.69, 9.17) is 0 Å². The molecule has 0 saturated carbocycles. The van der Waals surface area contributed by atoms with Gasteiger partial charge in [0.1, 0.15) is 0 Å². The van der Waals surface area contributed by atoms with Crippen molar-refractivity contribution in [3.05, 3.63) is 23.7 Å². The highest BCUT2D eigenvalue weighted by Gasteiger charge is 2.08. The van der Waals surface area contributed by atoms with Gasteiger partial charge in [-0.15, -0.1) is 11.3 Å². The van der Waals surface area contributed by atoms with E-state index in [0.29, 0.717) is 4.90 Å². The van der Waals surface area contributed by atoms with Crippen molar-refractivity contribution < 1.29 is 8.42 Å². The quantitative estimate of drug-likeness (QED) is 0.719. The summed E-state index contributed by atoms with van der Waals surface area (Å²) in [5.41, 5.74) is 3.50. The first kappa shape index (κ1) is 8.65. The van der Waals surface area contributed by atoms with Crippen LogP contribution in [0.15, 0.2) is 23.1 Å². The lowest BCUT2D eigenvalue weighted by Crippen LogP contribution is -1.95. The summed E-state index contributed by atoms with van der Waals surface area (Å²) in [5, 5.41) is 0. The summed E-state index contributed by atoms with van der Waals surface area (Å²) in [6.45, 7) is 0. The van der Waals surface area contributed by atoms with Crippen LogP contribution < -0.4 is 0 Å². The van der Waals surface area contributed by atoms with E-state index in [9.17, 15) is 8.42 Å². The molecule has 1 radical (unpaired) electrons. The SMILES string of the molecule is CS(=O)(=O)c1ccc2n[c]sc2c1. The van der Waals surface area contributed by atoms with Crippen molar-refractivity contribution in [2.45, 2.75) is 4.90 Å². The molecule has 1 aromatic heterocycles. The second-order valence-corrected chi connectivity index (χ2v) is 5.55. The third kappa shape index (κ3) is 1.57. The van der Waals surface area contributed by atoms with E-state index >= 15 is 0 Å². The molecule has 0 aliphatic rings. The standard InChI is InChI=1S/C8H6NO2S2/c1-13(10,11)6-2-3-7-8(4-6)12-5-9-7/h2-4H,1H3. The average Bonchev–Trinajstić information content (AvgIpc) is 2.47. The third-order valence-corrected chi connectivity index (χ3v) is 3.52. The summed E-state index contributed by atoms with van der Waals surface area (Å²) >= 11 is 1.32. The van der Waals surface area contributed by atoms with Crippen molar-refractivity contribution in [1.82, 2.24) is 4.98 Å². The molecule has 0 amide bonds. The number of rotatable bonds is 1. The van der Waals surface area contributed by atoms with E-state index in [1.54, 1.807) is 18.2 Å². The zero-order valence-electron chi connectivity index (χ0n) is 6.81. The number of aromatic nitrogens is 1. The molecule has 0 unspecified atom stereocenters. The lowest BCUT2D eigenvalue weighted by atomic mass is 10.3. The van der Waals surface area contributed by atoms with Crippen LogP contribution in [0.25, 0.3) is 10.2 Å². The summed E-state index contributed by atoms with van der Waals surface area (Å²) in [4.78, 5) is 4.27. The third-order valence-electron chi connectivity index (χ3n) is 1.68. The van der Waals surface area contributed by atoms with Gasteiger partial charge in [0.2, 0.25) is 0 Å². The molecule has 0 N–H and O–H groups in total. The van der Waals surface area contributed by atoms with Crippen molar-refractivity contribution in [2.75, 3.05) is 6.26 Å². The zero-order valence-corrected chi connectivity index (χ0v) is 8.45. The molecule has 2 rings (SSSR count). The number of sulfone groups is 1. The average molecular weight is 212 g/mol. The first-order valence-corrected chi connectivity index (χ1v) is 6.25. The van der Waals surface area contributed by atoms with E-state index < -0.39 is 9.84 Å². The molecule has 5 heteroatoms. The van der Waals surface area contributed by atoms with Crippen LogP contribution in [-0.2, 0) is 9.84 Å². The highest BCUT2D eigenvalue weighted by molar-refractivity contribution is 7.90. The van der Waals surface area contributed by atoms with Crippen LogP contribution in [0.2, 0.25) is 0 Å². The smallest absolute Gasteiger partial charge is 0.175 e. The number of benzene rings is 1. The number of hydrogen-bond acceptors (Lipinski definition) is 4. The van der Waals surface area contributed by atoms with Gasteiger partial charge in [-0.2, -0.15) is 0 Å². The fraction of sp³-hybridized carbons (Fsp3) is 0.125. The molecule has 1 aromatic carbocycles. The van der Waals surface area contributed by atoms with Crippen LogP contribution in [0.5, 0.6) is 0 Å². The van der Waals surface area contributed by atoms with Crippen LogP contribution in [0.1, 0.15) is 0 Å². The van der Waals surface area contributed by atoms with E-state index in [1.165, 1.54) is 17.6 Å². The Morgan fingerprint density at radius 2 is 2.23 bits per heavy atom. The highest BCUT2D eigenvalue weighted by Crippen LogP contribution is 2.20. The Labute approximate surface area is 80.0 Å². The van der Waals surface area contributed by atoms with Crippen molar-refractivity contribution in [3.8, 4) is 0 Å². The second-order valence-electron chi connectivity index (χ2n) is 2.71. The van der Waals surface area contributed by atoms with Crippen molar-refractivity contribution >= 4 is 31.4 Å². The molecule has 0 saturated heterocycles. The van der Waals surface area contributed by atoms with Crippen LogP contribution in [0, 0.1) is 5.51 Å². The van der Waals surface area contributed by atoms with Gasteiger partial charge in [0, 0.05) is 6.26 Å². The van der Waals surface area contributed by atoms with Gasteiger partial charge < -0.3 is 0 Å². The Kier molecular flexibility index (Phi) is 1.85. The topological polar surface area (TPSA) is 47.0 Å². The largest absolute Gasteiger partial charge is 0.233 e. The lowest BCUT2D eigenvalue weighted by Gasteiger charge is -1.96. The predicted octanol–water partition coefficient (Wildman–Crippen LogP) is 1.50. The maximum atomic E-state index is 11.2. The number of fused-ring (bicyclic) bond motifs is 1. The predicted molar refractivity (Wildman–Crippen MR) is 51.6 cm³/mol. The van der Waals surface area contributed by atoms with E-state index in [2.05, 4.69) is 10.5 Å². The molecule has 0 aliphatic carbocycles. The Morgan fingerprint density at radius 3 is 2.92 bits per heavy atom.